The van der Waals surface area contributed by atoms with Crippen LogP contribution in [0, 0.1) is 0 Å². The highest BCUT2D eigenvalue weighted by Gasteiger charge is 2.08. The molecular weight excluding hydrogens is 168 g/mol. The summed E-state index contributed by atoms with van der Waals surface area (Å²) in [6.07, 6.45) is 3.02. The zero-order valence-electron chi connectivity index (χ0n) is 7.32. The van der Waals surface area contributed by atoms with Gasteiger partial charge in [0.25, 0.3) is 0 Å². The number of nitrogen functional groups attached to an aromatic ring is 1. The second-order valence-corrected chi connectivity index (χ2v) is 2.74. The van der Waals surface area contributed by atoms with E-state index >= 15 is 0 Å². The summed E-state index contributed by atoms with van der Waals surface area (Å²) < 4.78 is 0. The Morgan fingerprint density at radius 2 is 2.38 bits per heavy atom. The smallest absolute Gasteiger partial charge is 0.241 e. The van der Waals surface area contributed by atoms with E-state index in [1.807, 2.05) is 0 Å². The molecule has 0 fully saturated rings. The molecule has 0 saturated heterocycles. The van der Waals surface area contributed by atoms with E-state index in [2.05, 4.69) is 10.3 Å². The first-order valence-electron chi connectivity index (χ1n) is 3.87. The first-order chi connectivity index (χ1) is 6.11. The number of carbonyl (C=O) groups excluding carboxylic acids is 1. The Bertz CT molecular complexity index is 311. The van der Waals surface area contributed by atoms with Gasteiger partial charge < -0.3 is 16.8 Å². The maximum atomic E-state index is 11.2. The maximum absolute atomic E-state index is 11.2. The zero-order valence-corrected chi connectivity index (χ0v) is 7.32. The van der Waals surface area contributed by atoms with Crippen LogP contribution >= 0.6 is 0 Å². The van der Waals surface area contributed by atoms with Gasteiger partial charge in [0.1, 0.15) is 0 Å². The van der Waals surface area contributed by atoms with Crippen LogP contribution in [0.5, 0.6) is 0 Å². The standard InChI is InChI=1S/C8H12N4O/c1-5(9)8(13)12-7-2-3-11-4-6(7)10/h2-5H,9-10H2,1H3,(H,11,12,13). The number of nitrogens with one attached hydrogen (secondary N) is 1. The number of hydrogen-bond acceptors (Lipinski definition) is 4. The van der Waals surface area contributed by atoms with Crippen LogP contribution in [-0.2, 0) is 4.79 Å². The molecule has 1 aromatic rings. The van der Waals surface area contributed by atoms with Crippen molar-refractivity contribution in [1.29, 1.82) is 0 Å². The normalized spacial score (nSPS) is 12.2. The molecule has 5 heteroatoms. The van der Waals surface area contributed by atoms with E-state index in [1.165, 1.54) is 6.20 Å². The first-order valence-corrected chi connectivity index (χ1v) is 3.87. The summed E-state index contributed by atoms with van der Waals surface area (Å²) in [7, 11) is 0. The lowest BCUT2D eigenvalue weighted by molar-refractivity contribution is -0.117. The molecule has 1 unspecified atom stereocenters. The molecule has 1 heterocycles. The Hall–Kier alpha value is -1.62. The van der Waals surface area contributed by atoms with Gasteiger partial charge in [0, 0.05) is 6.20 Å². The predicted octanol–water partition coefficient (Wildman–Crippen LogP) is -0.0505. The number of nitrogens with two attached hydrogens (primary N) is 2. The van der Waals surface area contributed by atoms with E-state index in [0.717, 1.165) is 0 Å². The summed E-state index contributed by atoms with van der Waals surface area (Å²) in [5, 5.41) is 2.58. The number of nitrogens with zero attached hydrogens (tertiary/aromatic N) is 1. The Morgan fingerprint density at radius 3 is 2.92 bits per heavy atom. The van der Waals surface area contributed by atoms with Gasteiger partial charge in [-0.1, -0.05) is 0 Å². The van der Waals surface area contributed by atoms with Crippen LogP contribution in [0.3, 0.4) is 0 Å². The van der Waals surface area contributed by atoms with Crippen LogP contribution in [0.1, 0.15) is 6.92 Å². The summed E-state index contributed by atoms with van der Waals surface area (Å²) in [6, 6.07) is 1.07. The molecule has 0 aliphatic carbocycles. The third-order valence-electron chi connectivity index (χ3n) is 1.52. The summed E-state index contributed by atoms with van der Waals surface area (Å²) in [6.45, 7) is 1.60. The van der Waals surface area contributed by atoms with Gasteiger partial charge in [-0.3, -0.25) is 9.78 Å². The zero-order chi connectivity index (χ0) is 9.84. The lowest BCUT2D eigenvalue weighted by atomic mass is 10.3. The van der Waals surface area contributed by atoms with Crippen LogP contribution in [0.15, 0.2) is 18.5 Å². The molecule has 0 bridgehead atoms. The summed E-state index contributed by atoms with van der Waals surface area (Å²) >= 11 is 0. The largest absolute Gasteiger partial charge is 0.396 e. The van der Waals surface area contributed by atoms with E-state index in [0.29, 0.717) is 11.4 Å². The quantitative estimate of drug-likeness (QED) is 0.594. The van der Waals surface area contributed by atoms with Crippen molar-refractivity contribution in [3.63, 3.8) is 0 Å². The van der Waals surface area contributed by atoms with E-state index in [9.17, 15) is 4.79 Å². The highest BCUT2D eigenvalue weighted by atomic mass is 16.2. The summed E-state index contributed by atoms with van der Waals surface area (Å²) in [4.78, 5) is 14.9. The van der Waals surface area contributed by atoms with Crippen molar-refractivity contribution < 1.29 is 4.79 Å². The average Bonchev–Trinajstić information content (AvgIpc) is 2.08. The molecule has 0 aliphatic heterocycles. The monoisotopic (exact) mass is 180 g/mol. The van der Waals surface area contributed by atoms with Crippen LogP contribution in [-0.4, -0.2) is 16.9 Å². The van der Waals surface area contributed by atoms with Crippen molar-refractivity contribution in [3.8, 4) is 0 Å². The van der Waals surface area contributed by atoms with E-state index in [4.69, 9.17) is 11.5 Å². The van der Waals surface area contributed by atoms with E-state index in [-0.39, 0.29) is 5.91 Å². The molecule has 1 rings (SSSR count). The fourth-order valence-electron chi connectivity index (χ4n) is 0.767. The Labute approximate surface area is 76.1 Å². The van der Waals surface area contributed by atoms with Gasteiger partial charge in [0.05, 0.1) is 23.6 Å². The summed E-state index contributed by atoms with van der Waals surface area (Å²) in [5.41, 5.74) is 11.9. The van der Waals surface area contributed by atoms with Gasteiger partial charge in [-0.15, -0.1) is 0 Å². The fourth-order valence-corrected chi connectivity index (χ4v) is 0.767. The Kier molecular flexibility index (Phi) is 2.81. The molecule has 0 aromatic carbocycles. The summed E-state index contributed by atoms with van der Waals surface area (Å²) in [5.74, 6) is -0.266. The highest BCUT2D eigenvalue weighted by Crippen LogP contribution is 2.14. The number of rotatable bonds is 2. The maximum Gasteiger partial charge on any atom is 0.241 e. The third kappa shape index (κ3) is 2.41. The van der Waals surface area contributed by atoms with Gasteiger partial charge in [-0.2, -0.15) is 0 Å². The van der Waals surface area contributed by atoms with Crippen molar-refractivity contribution in [2.75, 3.05) is 11.1 Å². The third-order valence-corrected chi connectivity index (χ3v) is 1.52. The van der Waals surface area contributed by atoms with Crippen LogP contribution in [0.25, 0.3) is 0 Å². The first kappa shape index (κ1) is 9.47. The number of amides is 1. The lowest BCUT2D eigenvalue weighted by Crippen LogP contribution is -2.32. The molecule has 5 nitrogen and oxygen atoms in total. The van der Waals surface area contributed by atoms with Gasteiger partial charge in [-0.05, 0) is 13.0 Å². The van der Waals surface area contributed by atoms with Crippen LogP contribution in [0.4, 0.5) is 11.4 Å². The van der Waals surface area contributed by atoms with Crippen molar-refractivity contribution in [3.05, 3.63) is 18.5 Å². The molecule has 0 aliphatic rings. The average molecular weight is 180 g/mol. The Balaban J connectivity index is 2.75. The second-order valence-electron chi connectivity index (χ2n) is 2.74. The van der Waals surface area contributed by atoms with Crippen molar-refractivity contribution in [2.45, 2.75) is 13.0 Å². The van der Waals surface area contributed by atoms with Crippen molar-refractivity contribution in [1.82, 2.24) is 4.98 Å². The van der Waals surface area contributed by atoms with Crippen LogP contribution < -0.4 is 16.8 Å². The van der Waals surface area contributed by atoms with E-state index < -0.39 is 6.04 Å². The number of anilines is 2. The number of carbonyl (C=O) groups is 1. The minimum absolute atomic E-state index is 0.266. The van der Waals surface area contributed by atoms with Gasteiger partial charge in [0.15, 0.2) is 0 Å². The van der Waals surface area contributed by atoms with Gasteiger partial charge in [0.2, 0.25) is 5.91 Å². The number of pyridine rings is 1. The molecule has 0 radical (unpaired) electrons. The van der Waals surface area contributed by atoms with Gasteiger partial charge >= 0.3 is 0 Å². The molecular formula is C8H12N4O. The second kappa shape index (κ2) is 3.86. The molecule has 5 N–H and O–H groups in total. The van der Waals surface area contributed by atoms with Crippen molar-refractivity contribution >= 4 is 17.3 Å². The van der Waals surface area contributed by atoms with E-state index in [1.54, 1.807) is 19.2 Å². The predicted molar refractivity (Wildman–Crippen MR) is 50.9 cm³/mol. The van der Waals surface area contributed by atoms with Gasteiger partial charge in [-0.25, -0.2) is 0 Å². The molecule has 70 valence electrons. The molecule has 1 atom stereocenters. The highest BCUT2D eigenvalue weighted by molar-refractivity contribution is 5.96. The molecule has 1 aromatic heterocycles. The molecule has 0 saturated carbocycles. The Morgan fingerprint density at radius 1 is 1.69 bits per heavy atom. The minimum atomic E-state index is -0.549. The molecule has 0 spiro atoms. The lowest BCUT2D eigenvalue weighted by Gasteiger charge is -2.08. The number of hydrogen-bond donors (Lipinski definition) is 3. The van der Waals surface area contributed by atoms with Crippen molar-refractivity contribution in [2.24, 2.45) is 5.73 Å². The molecule has 13 heavy (non-hydrogen) atoms. The fraction of sp³-hybridized carbons (Fsp3) is 0.250. The van der Waals surface area contributed by atoms with Crippen LogP contribution in [0.2, 0.25) is 0 Å². The minimum Gasteiger partial charge on any atom is -0.396 e. The number of aromatic nitrogens is 1. The SMILES string of the molecule is CC(N)C(=O)Nc1ccncc1N. The topological polar surface area (TPSA) is 94.0 Å². The molecule has 1 amide bonds.